The van der Waals surface area contributed by atoms with E-state index in [0.29, 0.717) is 5.92 Å². The minimum Gasteiger partial charge on any atom is -0.299 e. The maximum atomic E-state index is 13.3. The number of ketones is 2. The van der Waals surface area contributed by atoms with Gasteiger partial charge in [0.25, 0.3) is 0 Å². The number of hydrogen-bond donors (Lipinski definition) is 0. The highest BCUT2D eigenvalue weighted by Crippen LogP contribution is 2.66. The molecule has 0 N–H and O–H groups in total. The van der Waals surface area contributed by atoms with Crippen LogP contribution < -0.4 is 4.90 Å². The summed E-state index contributed by atoms with van der Waals surface area (Å²) < 4.78 is 0. The van der Waals surface area contributed by atoms with Crippen molar-refractivity contribution in [3.63, 3.8) is 0 Å². The van der Waals surface area contributed by atoms with Crippen LogP contribution in [0, 0.1) is 5.92 Å². The highest BCUT2D eigenvalue weighted by atomic mass is 32.1. The van der Waals surface area contributed by atoms with Gasteiger partial charge in [-0.2, -0.15) is 0 Å². The van der Waals surface area contributed by atoms with Crippen molar-refractivity contribution < 1.29 is 9.59 Å². The van der Waals surface area contributed by atoms with E-state index < -0.39 is 5.41 Å². The van der Waals surface area contributed by atoms with Crippen molar-refractivity contribution in [1.82, 2.24) is 15.0 Å². The van der Waals surface area contributed by atoms with Crippen LogP contribution in [0.15, 0.2) is 133 Å². The van der Waals surface area contributed by atoms with Crippen LogP contribution in [0.5, 0.6) is 0 Å². The van der Waals surface area contributed by atoms with Crippen LogP contribution in [0.2, 0.25) is 0 Å². The van der Waals surface area contributed by atoms with Gasteiger partial charge in [0.1, 0.15) is 17.2 Å². The summed E-state index contributed by atoms with van der Waals surface area (Å²) in [5.74, 6) is 0.552. The largest absolute Gasteiger partial charge is 0.299 e. The van der Waals surface area contributed by atoms with Crippen molar-refractivity contribution in [2.45, 2.75) is 31.6 Å². The molecule has 50 heavy (non-hydrogen) atoms. The minimum absolute atomic E-state index is 0.112. The molecule has 0 fully saturated rings. The highest BCUT2D eigenvalue weighted by molar-refractivity contribution is 7.16. The topological polar surface area (TPSA) is 76.1 Å². The van der Waals surface area contributed by atoms with Gasteiger partial charge in [0.15, 0.2) is 0 Å². The Kier molecular flexibility index (Phi) is 6.33. The van der Waals surface area contributed by atoms with Gasteiger partial charge in [-0.3, -0.25) is 14.5 Å². The molecule has 5 aromatic rings. The lowest BCUT2D eigenvalue weighted by Gasteiger charge is -2.33. The van der Waals surface area contributed by atoms with Crippen LogP contribution in [0.1, 0.15) is 74.3 Å². The third-order valence-electron chi connectivity index (χ3n) is 10.6. The summed E-state index contributed by atoms with van der Waals surface area (Å²) in [6.45, 7) is 2.25. The molecule has 10 rings (SSSR count). The standard InChI is InChI=1S/C43H30N4O2S/c1-25-10-9-13-27(20-25)47(26-11-3-2-4-12-26)37-23-35-32(24-46-37)42-36(43(35)33-16-7-5-14-29(33)30-15-6-8-17-34(30)43)22-28(50-42)21-31-40(48)38-39(41(31)49)45-19-18-44-38/h2-5,7,9-19,21-25H,6,8,20H2,1H3. The molecule has 2 atom stereocenters. The predicted molar refractivity (Wildman–Crippen MR) is 197 cm³/mol. The van der Waals surface area contributed by atoms with E-state index in [1.807, 2.05) is 12.3 Å². The predicted octanol–water partition coefficient (Wildman–Crippen LogP) is 9.45. The van der Waals surface area contributed by atoms with Gasteiger partial charge in [0, 0.05) is 45.3 Å². The summed E-state index contributed by atoms with van der Waals surface area (Å²) in [7, 11) is 0. The van der Waals surface area contributed by atoms with Gasteiger partial charge in [-0.25, -0.2) is 15.0 Å². The molecule has 0 saturated heterocycles. The highest BCUT2D eigenvalue weighted by Gasteiger charge is 2.55. The molecule has 2 aromatic carbocycles. The smallest absolute Gasteiger partial charge is 0.217 e. The second-order valence-electron chi connectivity index (χ2n) is 13.5. The number of hydrogen-bond acceptors (Lipinski definition) is 7. The fraction of sp³-hybridized carbons (Fsp3) is 0.140. The third kappa shape index (κ3) is 3.98. The molecular weight excluding hydrogens is 637 g/mol. The quantitative estimate of drug-likeness (QED) is 0.141. The van der Waals surface area contributed by atoms with Crippen LogP contribution in [-0.4, -0.2) is 26.5 Å². The molecule has 6 nitrogen and oxygen atoms in total. The van der Waals surface area contributed by atoms with Gasteiger partial charge < -0.3 is 0 Å². The summed E-state index contributed by atoms with van der Waals surface area (Å²) >= 11 is 1.61. The van der Waals surface area contributed by atoms with E-state index in [4.69, 9.17) is 4.98 Å². The van der Waals surface area contributed by atoms with E-state index >= 15 is 0 Å². The van der Waals surface area contributed by atoms with Crippen molar-refractivity contribution in [2.24, 2.45) is 5.92 Å². The molecule has 240 valence electrons. The van der Waals surface area contributed by atoms with Crippen molar-refractivity contribution >= 4 is 46.1 Å². The Labute approximate surface area is 293 Å². The lowest BCUT2D eigenvalue weighted by molar-refractivity contribution is 0.0988. The molecule has 0 bridgehead atoms. The number of allylic oxidation sites excluding steroid dienone is 9. The Morgan fingerprint density at radius 2 is 1.60 bits per heavy atom. The maximum Gasteiger partial charge on any atom is 0.217 e. The van der Waals surface area contributed by atoms with Crippen LogP contribution in [0.25, 0.3) is 22.1 Å². The number of carbonyl (C=O) groups excluding carboxylic acids is 2. The molecule has 3 aromatic heterocycles. The normalized spacial score (nSPS) is 20.9. The molecule has 0 amide bonds. The molecular formula is C43H30N4O2S. The van der Waals surface area contributed by atoms with E-state index in [1.54, 1.807) is 17.4 Å². The number of anilines is 2. The molecule has 5 aliphatic carbocycles. The number of Topliss-reactive ketones (excluding diaryl/α,β-unsaturated/α-hetero) is 2. The van der Waals surface area contributed by atoms with E-state index in [1.165, 1.54) is 51.5 Å². The fourth-order valence-corrected chi connectivity index (χ4v) is 9.71. The van der Waals surface area contributed by atoms with Crippen molar-refractivity contribution in [3.8, 4) is 10.4 Å². The van der Waals surface area contributed by atoms with Crippen molar-refractivity contribution in [2.75, 3.05) is 4.90 Å². The van der Waals surface area contributed by atoms with Crippen molar-refractivity contribution in [3.05, 3.63) is 171 Å². The van der Waals surface area contributed by atoms with Crippen LogP contribution in [0.4, 0.5) is 11.5 Å². The molecule has 0 saturated carbocycles. The molecule has 7 heteroatoms. The van der Waals surface area contributed by atoms with E-state index in [9.17, 15) is 9.59 Å². The second-order valence-corrected chi connectivity index (χ2v) is 14.5. The first kappa shape index (κ1) is 29.2. The number of aromatic nitrogens is 3. The number of thiophene rings is 1. The van der Waals surface area contributed by atoms with Crippen molar-refractivity contribution in [1.29, 1.82) is 0 Å². The Morgan fingerprint density at radius 1 is 0.840 bits per heavy atom. The van der Waals surface area contributed by atoms with Gasteiger partial charge >= 0.3 is 0 Å². The number of pyridine rings is 1. The molecule has 0 aliphatic heterocycles. The zero-order chi connectivity index (χ0) is 33.6. The monoisotopic (exact) mass is 666 g/mol. The average molecular weight is 667 g/mol. The second kappa shape index (κ2) is 10.9. The first-order chi connectivity index (χ1) is 24.5. The van der Waals surface area contributed by atoms with E-state index in [0.717, 1.165) is 46.1 Å². The molecule has 1 spiro atoms. The van der Waals surface area contributed by atoms with Gasteiger partial charge in [0.2, 0.25) is 11.6 Å². The Balaban J connectivity index is 1.21. The Bertz CT molecular complexity index is 2450. The maximum absolute atomic E-state index is 13.3. The van der Waals surface area contributed by atoms with Gasteiger partial charge in [-0.05, 0) is 95.0 Å². The van der Waals surface area contributed by atoms with E-state index in [-0.39, 0.29) is 28.5 Å². The first-order valence-electron chi connectivity index (χ1n) is 17.0. The van der Waals surface area contributed by atoms with Gasteiger partial charge in [0.05, 0.1) is 11.0 Å². The van der Waals surface area contributed by atoms with Crippen LogP contribution in [-0.2, 0) is 5.41 Å². The number of rotatable bonds is 4. The Morgan fingerprint density at radius 3 is 2.40 bits per heavy atom. The lowest BCUT2D eigenvalue weighted by Crippen LogP contribution is -2.27. The molecule has 2 unspecified atom stereocenters. The van der Waals surface area contributed by atoms with Crippen LogP contribution in [0.3, 0.4) is 0 Å². The summed E-state index contributed by atoms with van der Waals surface area (Å²) in [5.41, 5.74) is 10.6. The number of fused-ring (bicyclic) bond motifs is 11. The van der Waals surface area contributed by atoms with Gasteiger partial charge in [-0.1, -0.05) is 73.7 Å². The number of nitrogens with zero attached hydrogens (tertiary/aromatic N) is 4. The zero-order valence-electron chi connectivity index (χ0n) is 27.3. The molecule has 0 radical (unpaired) electrons. The van der Waals surface area contributed by atoms with E-state index in [2.05, 4.69) is 113 Å². The summed E-state index contributed by atoms with van der Waals surface area (Å²) in [6, 6.07) is 23.8. The number of carbonyl (C=O) groups is 2. The fourth-order valence-electron chi connectivity index (χ4n) is 8.53. The average Bonchev–Trinajstić information content (AvgIpc) is 3.85. The minimum atomic E-state index is -0.565. The third-order valence-corrected chi connectivity index (χ3v) is 11.7. The molecule has 3 heterocycles. The first-order valence-corrected chi connectivity index (χ1v) is 17.9. The number of para-hydroxylation sites is 1. The Hall–Kier alpha value is -5.79. The SMILES string of the molecule is CC1C=CC=C(N(c2ccccc2)c2cc3c(cn2)-c2sc(C=C4C(=O)c5nccnc5C4=O)cc2C32C3=CCCC=C3c3ccccc32)C1. The summed E-state index contributed by atoms with van der Waals surface area (Å²) in [6.07, 6.45) is 21.0. The summed E-state index contributed by atoms with van der Waals surface area (Å²) in [4.78, 5) is 44.5. The molecule has 5 aliphatic rings. The lowest BCUT2D eigenvalue weighted by atomic mass is 9.70. The zero-order valence-corrected chi connectivity index (χ0v) is 28.1. The van der Waals surface area contributed by atoms with Gasteiger partial charge in [-0.15, -0.1) is 11.3 Å². The van der Waals surface area contributed by atoms with Crippen LogP contribution >= 0.6 is 11.3 Å². The number of benzene rings is 2. The summed E-state index contributed by atoms with van der Waals surface area (Å²) in [5, 5.41) is 0.